The first-order chi connectivity index (χ1) is 7.13. The molecule has 0 aromatic heterocycles. The van der Waals surface area contributed by atoms with Crippen LogP contribution in [0.2, 0.25) is 0 Å². The Bertz CT molecular complexity index is 394. The number of nitriles is 1. The molecule has 1 fully saturated rings. The predicted octanol–water partition coefficient (Wildman–Crippen LogP) is 0.535. The Morgan fingerprint density at radius 1 is 1.73 bits per heavy atom. The standard InChI is InChI=1S/C10H10N2O3/c1-6(13)12-9(14)4-7-2-3-8(5-11)15-10(7)12/h3,7,10H,2,4H2,1H3/t7-,10+/m1/s1. The van der Waals surface area contributed by atoms with Gasteiger partial charge in [0.15, 0.2) is 12.0 Å². The van der Waals surface area contributed by atoms with Crippen LogP contribution < -0.4 is 0 Å². The Hall–Kier alpha value is -1.83. The molecular weight excluding hydrogens is 196 g/mol. The molecule has 0 unspecified atom stereocenters. The summed E-state index contributed by atoms with van der Waals surface area (Å²) in [5.41, 5.74) is 0. The van der Waals surface area contributed by atoms with E-state index in [0.717, 1.165) is 4.90 Å². The zero-order valence-corrected chi connectivity index (χ0v) is 8.27. The van der Waals surface area contributed by atoms with E-state index >= 15 is 0 Å². The highest BCUT2D eigenvalue weighted by molar-refractivity contribution is 5.96. The fourth-order valence-corrected chi connectivity index (χ4v) is 1.99. The highest BCUT2D eigenvalue weighted by Gasteiger charge is 2.45. The minimum Gasteiger partial charge on any atom is -0.460 e. The molecule has 0 N–H and O–H groups in total. The smallest absolute Gasteiger partial charge is 0.232 e. The molecule has 2 rings (SSSR count). The number of imide groups is 1. The summed E-state index contributed by atoms with van der Waals surface area (Å²) in [6.45, 7) is 1.33. The summed E-state index contributed by atoms with van der Waals surface area (Å²) in [6.07, 6.45) is 2.02. The van der Waals surface area contributed by atoms with Crippen LogP contribution in [-0.2, 0) is 14.3 Å². The summed E-state index contributed by atoms with van der Waals surface area (Å²) in [4.78, 5) is 23.8. The number of carbonyl (C=O) groups is 2. The van der Waals surface area contributed by atoms with Gasteiger partial charge in [0.1, 0.15) is 6.07 Å². The van der Waals surface area contributed by atoms with E-state index in [1.807, 2.05) is 6.07 Å². The summed E-state index contributed by atoms with van der Waals surface area (Å²) < 4.78 is 5.29. The number of amides is 2. The Labute approximate surface area is 86.9 Å². The molecule has 5 heteroatoms. The Kier molecular flexibility index (Phi) is 2.19. The fourth-order valence-electron chi connectivity index (χ4n) is 1.99. The van der Waals surface area contributed by atoms with E-state index in [9.17, 15) is 9.59 Å². The third kappa shape index (κ3) is 1.48. The minimum absolute atomic E-state index is 0.00139. The molecule has 2 aliphatic rings. The molecule has 0 saturated carbocycles. The summed E-state index contributed by atoms with van der Waals surface area (Å²) in [6, 6.07) is 1.88. The Morgan fingerprint density at radius 2 is 2.47 bits per heavy atom. The van der Waals surface area contributed by atoms with Crippen LogP contribution in [0.5, 0.6) is 0 Å². The molecule has 0 aromatic carbocycles. The van der Waals surface area contributed by atoms with Gasteiger partial charge in [0.05, 0.1) is 0 Å². The monoisotopic (exact) mass is 206 g/mol. The molecule has 0 aromatic rings. The van der Waals surface area contributed by atoms with Crippen LogP contribution in [0.15, 0.2) is 11.8 Å². The second kappa shape index (κ2) is 3.39. The lowest BCUT2D eigenvalue weighted by Crippen LogP contribution is -2.41. The van der Waals surface area contributed by atoms with Crippen molar-refractivity contribution in [3.63, 3.8) is 0 Å². The summed E-state index contributed by atoms with van der Waals surface area (Å²) >= 11 is 0. The summed E-state index contributed by atoms with van der Waals surface area (Å²) in [7, 11) is 0. The number of nitrogens with zero attached hydrogens (tertiary/aromatic N) is 2. The van der Waals surface area contributed by atoms with Crippen molar-refractivity contribution >= 4 is 11.8 Å². The van der Waals surface area contributed by atoms with Gasteiger partial charge in [-0.25, -0.2) is 4.90 Å². The zero-order chi connectivity index (χ0) is 11.0. The molecule has 2 aliphatic heterocycles. The van der Waals surface area contributed by atoms with Crippen molar-refractivity contribution in [2.24, 2.45) is 5.92 Å². The van der Waals surface area contributed by atoms with Gasteiger partial charge in [-0.2, -0.15) is 5.26 Å². The molecule has 15 heavy (non-hydrogen) atoms. The Balaban J connectivity index is 2.25. The van der Waals surface area contributed by atoms with Crippen LogP contribution in [0.25, 0.3) is 0 Å². The van der Waals surface area contributed by atoms with Crippen molar-refractivity contribution in [3.8, 4) is 6.07 Å². The molecule has 2 atom stereocenters. The number of fused-ring (bicyclic) bond motifs is 1. The van der Waals surface area contributed by atoms with E-state index in [1.54, 1.807) is 6.08 Å². The molecule has 5 nitrogen and oxygen atoms in total. The SMILES string of the molecule is CC(=O)N1C(=O)C[C@H]2CC=C(C#N)O[C@@H]21. The maximum Gasteiger partial charge on any atom is 0.232 e. The van der Waals surface area contributed by atoms with Crippen LogP contribution in [0.3, 0.4) is 0 Å². The number of hydrogen-bond acceptors (Lipinski definition) is 4. The van der Waals surface area contributed by atoms with Crippen LogP contribution in [0.4, 0.5) is 0 Å². The maximum absolute atomic E-state index is 11.5. The molecule has 0 aliphatic carbocycles. The minimum atomic E-state index is -0.574. The van der Waals surface area contributed by atoms with E-state index in [0.29, 0.717) is 12.8 Å². The normalized spacial score (nSPS) is 28.9. The van der Waals surface area contributed by atoms with Gasteiger partial charge in [0.25, 0.3) is 0 Å². The number of ether oxygens (including phenoxy) is 1. The van der Waals surface area contributed by atoms with E-state index < -0.39 is 6.23 Å². The maximum atomic E-state index is 11.5. The van der Waals surface area contributed by atoms with Gasteiger partial charge in [-0.15, -0.1) is 0 Å². The molecule has 2 amide bonds. The van der Waals surface area contributed by atoms with Crippen molar-refractivity contribution < 1.29 is 14.3 Å². The topological polar surface area (TPSA) is 70.4 Å². The van der Waals surface area contributed by atoms with Gasteiger partial charge in [-0.3, -0.25) is 9.59 Å². The second-order valence-electron chi connectivity index (χ2n) is 3.67. The molecule has 1 saturated heterocycles. The number of rotatable bonds is 0. The van der Waals surface area contributed by atoms with Gasteiger partial charge >= 0.3 is 0 Å². The third-order valence-electron chi connectivity index (χ3n) is 2.67. The predicted molar refractivity (Wildman–Crippen MR) is 48.8 cm³/mol. The third-order valence-corrected chi connectivity index (χ3v) is 2.67. The van der Waals surface area contributed by atoms with Gasteiger partial charge in [-0.1, -0.05) is 0 Å². The molecule has 0 bridgehead atoms. The number of allylic oxidation sites excluding steroid dienone is 2. The van der Waals surface area contributed by atoms with Crippen molar-refractivity contribution in [1.82, 2.24) is 4.90 Å². The van der Waals surface area contributed by atoms with Crippen LogP contribution in [0, 0.1) is 17.2 Å². The fraction of sp³-hybridized carbons (Fsp3) is 0.500. The number of likely N-dealkylation sites (tertiary alicyclic amines) is 1. The van der Waals surface area contributed by atoms with Crippen molar-refractivity contribution in [2.75, 3.05) is 0 Å². The van der Waals surface area contributed by atoms with Gasteiger partial charge in [-0.05, 0) is 12.5 Å². The van der Waals surface area contributed by atoms with Crippen LogP contribution in [0.1, 0.15) is 19.8 Å². The molecule has 0 radical (unpaired) electrons. The molecular formula is C10H10N2O3. The number of carbonyl (C=O) groups excluding carboxylic acids is 2. The average Bonchev–Trinajstić information content (AvgIpc) is 2.52. The Morgan fingerprint density at radius 3 is 3.07 bits per heavy atom. The molecule has 78 valence electrons. The van der Waals surface area contributed by atoms with E-state index in [1.165, 1.54) is 6.92 Å². The van der Waals surface area contributed by atoms with Gasteiger partial charge < -0.3 is 4.74 Å². The zero-order valence-electron chi connectivity index (χ0n) is 8.27. The first kappa shape index (κ1) is 9.71. The first-order valence-electron chi connectivity index (χ1n) is 4.73. The lowest BCUT2D eigenvalue weighted by molar-refractivity contribution is -0.150. The summed E-state index contributed by atoms with van der Waals surface area (Å²) in [5, 5.41) is 8.67. The number of hydrogen-bond donors (Lipinski definition) is 0. The van der Waals surface area contributed by atoms with Crippen LogP contribution in [-0.4, -0.2) is 22.9 Å². The van der Waals surface area contributed by atoms with Crippen molar-refractivity contribution in [2.45, 2.75) is 26.0 Å². The quantitative estimate of drug-likeness (QED) is 0.579. The molecule has 2 heterocycles. The largest absolute Gasteiger partial charge is 0.460 e. The lowest BCUT2D eigenvalue weighted by Gasteiger charge is -2.28. The highest BCUT2D eigenvalue weighted by atomic mass is 16.5. The first-order valence-corrected chi connectivity index (χ1v) is 4.73. The van der Waals surface area contributed by atoms with Gasteiger partial charge in [0, 0.05) is 19.3 Å². The highest BCUT2D eigenvalue weighted by Crippen LogP contribution is 2.34. The van der Waals surface area contributed by atoms with Crippen molar-refractivity contribution in [3.05, 3.63) is 11.8 Å². The van der Waals surface area contributed by atoms with E-state index in [2.05, 4.69) is 0 Å². The second-order valence-corrected chi connectivity index (χ2v) is 3.67. The van der Waals surface area contributed by atoms with Crippen molar-refractivity contribution in [1.29, 1.82) is 5.26 Å². The van der Waals surface area contributed by atoms with E-state index in [-0.39, 0.29) is 23.5 Å². The summed E-state index contributed by atoms with van der Waals surface area (Å²) in [5.74, 6) is -0.354. The van der Waals surface area contributed by atoms with Gasteiger partial charge in [0.2, 0.25) is 11.8 Å². The molecule has 0 spiro atoms. The van der Waals surface area contributed by atoms with Crippen LogP contribution >= 0.6 is 0 Å². The average molecular weight is 206 g/mol. The lowest BCUT2D eigenvalue weighted by atomic mass is 10.0. The van der Waals surface area contributed by atoms with E-state index in [4.69, 9.17) is 10.00 Å².